The van der Waals surface area contributed by atoms with Gasteiger partial charge in [0.1, 0.15) is 6.33 Å². The summed E-state index contributed by atoms with van der Waals surface area (Å²) < 4.78 is 1.83. The molecule has 29 heavy (non-hydrogen) atoms. The fourth-order valence-corrected chi connectivity index (χ4v) is 3.68. The lowest BCUT2D eigenvalue weighted by Gasteiger charge is -2.20. The molecule has 0 saturated heterocycles. The number of aromatic nitrogens is 3. The van der Waals surface area contributed by atoms with Gasteiger partial charge in [0.05, 0.1) is 11.8 Å². The van der Waals surface area contributed by atoms with Crippen molar-refractivity contribution in [2.75, 3.05) is 18.9 Å². The number of nitrogens with zero attached hydrogens (tertiary/aromatic N) is 4. The van der Waals surface area contributed by atoms with Crippen LogP contribution in [0.3, 0.4) is 0 Å². The van der Waals surface area contributed by atoms with Gasteiger partial charge in [-0.1, -0.05) is 47.7 Å². The maximum atomic E-state index is 12.7. The van der Waals surface area contributed by atoms with E-state index < -0.39 is 5.25 Å². The molecule has 3 aromatic rings. The third-order valence-corrected chi connectivity index (χ3v) is 5.32. The van der Waals surface area contributed by atoms with Crippen molar-refractivity contribution >= 4 is 29.3 Å². The minimum Gasteiger partial charge on any atom is -0.335 e. The van der Waals surface area contributed by atoms with Crippen molar-refractivity contribution in [3.8, 4) is 5.69 Å². The monoisotopic (exact) mass is 409 g/mol. The topological polar surface area (TPSA) is 80.1 Å². The second kappa shape index (κ2) is 9.38. The third kappa shape index (κ3) is 5.45. The molecule has 0 radical (unpaired) electrons. The number of hydrogen-bond acceptors (Lipinski definition) is 5. The molecule has 1 aromatic heterocycles. The SMILES string of the molecule is Cc1ccc(NC(=O)CN(C)C(=O)[C@H](C)Sc2nncn2-c2ccccc2)cc1. The van der Waals surface area contributed by atoms with Gasteiger partial charge in [0.2, 0.25) is 11.8 Å². The third-order valence-electron chi connectivity index (χ3n) is 4.27. The number of hydrogen-bond donors (Lipinski definition) is 1. The summed E-state index contributed by atoms with van der Waals surface area (Å²) in [5, 5.41) is 11.1. The van der Waals surface area contributed by atoms with Crippen LogP contribution in [0.15, 0.2) is 66.1 Å². The molecule has 2 aromatic carbocycles. The molecule has 1 heterocycles. The summed E-state index contributed by atoms with van der Waals surface area (Å²) >= 11 is 1.31. The quantitative estimate of drug-likeness (QED) is 0.607. The van der Waals surface area contributed by atoms with E-state index in [1.54, 1.807) is 20.3 Å². The Morgan fingerprint density at radius 1 is 1.14 bits per heavy atom. The molecule has 1 atom stereocenters. The summed E-state index contributed by atoms with van der Waals surface area (Å²) in [6.07, 6.45) is 1.62. The van der Waals surface area contributed by atoms with Gasteiger partial charge in [-0.05, 0) is 38.1 Å². The number of benzene rings is 2. The fourth-order valence-electron chi connectivity index (χ4n) is 2.72. The Hall–Kier alpha value is -3.13. The number of para-hydroxylation sites is 1. The highest BCUT2D eigenvalue weighted by molar-refractivity contribution is 8.00. The van der Waals surface area contributed by atoms with Crippen molar-refractivity contribution in [1.82, 2.24) is 19.7 Å². The van der Waals surface area contributed by atoms with Crippen LogP contribution in [-0.4, -0.2) is 50.3 Å². The summed E-state index contributed by atoms with van der Waals surface area (Å²) in [6.45, 7) is 3.75. The summed E-state index contributed by atoms with van der Waals surface area (Å²) in [7, 11) is 1.62. The molecule has 0 spiro atoms. The minimum atomic E-state index is -0.418. The molecule has 0 aliphatic heterocycles. The van der Waals surface area contributed by atoms with E-state index in [1.807, 2.05) is 66.1 Å². The number of aryl methyl sites for hydroxylation is 1. The summed E-state index contributed by atoms with van der Waals surface area (Å²) in [5.74, 6) is -0.397. The van der Waals surface area contributed by atoms with Crippen LogP contribution in [0.1, 0.15) is 12.5 Å². The highest BCUT2D eigenvalue weighted by Crippen LogP contribution is 2.24. The molecule has 0 saturated carbocycles. The van der Waals surface area contributed by atoms with Crippen LogP contribution in [0.4, 0.5) is 5.69 Å². The predicted octanol–water partition coefficient (Wildman–Crippen LogP) is 3.15. The van der Waals surface area contributed by atoms with Crippen molar-refractivity contribution in [2.45, 2.75) is 24.3 Å². The van der Waals surface area contributed by atoms with Crippen LogP contribution in [0.25, 0.3) is 5.69 Å². The first-order chi connectivity index (χ1) is 13.9. The highest BCUT2D eigenvalue weighted by atomic mass is 32.2. The van der Waals surface area contributed by atoms with E-state index in [0.29, 0.717) is 10.8 Å². The highest BCUT2D eigenvalue weighted by Gasteiger charge is 2.23. The Balaban J connectivity index is 1.58. The first-order valence-electron chi connectivity index (χ1n) is 9.17. The molecule has 0 aliphatic rings. The second-order valence-corrected chi connectivity index (χ2v) is 8.00. The van der Waals surface area contributed by atoms with Gasteiger partial charge < -0.3 is 10.2 Å². The molecule has 8 heteroatoms. The second-order valence-electron chi connectivity index (χ2n) is 6.69. The fraction of sp³-hybridized carbons (Fsp3) is 0.238. The normalized spacial score (nSPS) is 11.7. The molecule has 0 aliphatic carbocycles. The van der Waals surface area contributed by atoms with E-state index in [-0.39, 0.29) is 18.4 Å². The zero-order valence-electron chi connectivity index (χ0n) is 16.6. The average molecular weight is 410 g/mol. The number of amides is 2. The number of likely N-dealkylation sites (N-methyl/N-ethyl adjacent to an activating group) is 1. The van der Waals surface area contributed by atoms with E-state index in [2.05, 4.69) is 15.5 Å². The zero-order valence-corrected chi connectivity index (χ0v) is 17.4. The molecular formula is C21H23N5O2S. The molecule has 1 N–H and O–H groups in total. The van der Waals surface area contributed by atoms with Gasteiger partial charge in [0, 0.05) is 18.4 Å². The Bertz CT molecular complexity index is 972. The van der Waals surface area contributed by atoms with Gasteiger partial charge >= 0.3 is 0 Å². The van der Waals surface area contributed by atoms with E-state index in [4.69, 9.17) is 0 Å². The average Bonchev–Trinajstić information content (AvgIpc) is 3.17. The van der Waals surface area contributed by atoms with E-state index in [0.717, 1.165) is 11.3 Å². The largest absolute Gasteiger partial charge is 0.335 e. The van der Waals surface area contributed by atoms with Gasteiger partial charge in [0.25, 0.3) is 0 Å². The van der Waals surface area contributed by atoms with Gasteiger partial charge in [-0.2, -0.15) is 0 Å². The maximum Gasteiger partial charge on any atom is 0.243 e. The molecule has 0 bridgehead atoms. The van der Waals surface area contributed by atoms with Gasteiger partial charge in [-0.25, -0.2) is 0 Å². The van der Waals surface area contributed by atoms with Crippen molar-refractivity contribution in [3.63, 3.8) is 0 Å². The van der Waals surface area contributed by atoms with Gasteiger partial charge in [-0.15, -0.1) is 10.2 Å². The lowest BCUT2D eigenvalue weighted by Crippen LogP contribution is -2.39. The van der Waals surface area contributed by atoms with Crippen LogP contribution in [0, 0.1) is 6.92 Å². The first kappa shape index (κ1) is 20.6. The maximum absolute atomic E-state index is 12.7. The first-order valence-corrected chi connectivity index (χ1v) is 10.1. The van der Waals surface area contributed by atoms with Gasteiger partial charge in [-0.3, -0.25) is 14.2 Å². The molecule has 3 rings (SSSR count). The Morgan fingerprint density at radius 3 is 2.52 bits per heavy atom. The smallest absolute Gasteiger partial charge is 0.243 e. The Kier molecular flexibility index (Phi) is 6.66. The van der Waals surface area contributed by atoms with Crippen LogP contribution in [0.5, 0.6) is 0 Å². The number of carbonyl (C=O) groups excluding carboxylic acids is 2. The number of anilines is 1. The Morgan fingerprint density at radius 2 is 1.83 bits per heavy atom. The molecule has 2 amide bonds. The van der Waals surface area contributed by atoms with Crippen molar-refractivity contribution < 1.29 is 9.59 Å². The van der Waals surface area contributed by atoms with Crippen LogP contribution in [-0.2, 0) is 9.59 Å². The minimum absolute atomic E-state index is 0.0248. The molecule has 7 nitrogen and oxygen atoms in total. The summed E-state index contributed by atoms with van der Waals surface area (Å²) in [6, 6.07) is 17.2. The zero-order chi connectivity index (χ0) is 20.8. The number of rotatable bonds is 7. The summed E-state index contributed by atoms with van der Waals surface area (Å²) in [5.41, 5.74) is 2.75. The van der Waals surface area contributed by atoms with Crippen LogP contribution >= 0.6 is 11.8 Å². The van der Waals surface area contributed by atoms with E-state index in [1.165, 1.54) is 16.7 Å². The molecular weight excluding hydrogens is 386 g/mol. The molecule has 0 fully saturated rings. The predicted molar refractivity (Wildman–Crippen MR) is 114 cm³/mol. The lowest BCUT2D eigenvalue weighted by molar-refractivity contribution is -0.132. The Labute approximate surface area is 174 Å². The van der Waals surface area contributed by atoms with Gasteiger partial charge in [0.15, 0.2) is 5.16 Å². The molecule has 0 unspecified atom stereocenters. The van der Waals surface area contributed by atoms with Crippen molar-refractivity contribution in [1.29, 1.82) is 0 Å². The van der Waals surface area contributed by atoms with Crippen molar-refractivity contribution in [2.24, 2.45) is 0 Å². The van der Waals surface area contributed by atoms with E-state index in [9.17, 15) is 9.59 Å². The number of thioether (sulfide) groups is 1. The van der Waals surface area contributed by atoms with Crippen molar-refractivity contribution in [3.05, 3.63) is 66.5 Å². The van der Waals surface area contributed by atoms with Crippen LogP contribution < -0.4 is 5.32 Å². The lowest BCUT2D eigenvalue weighted by atomic mass is 10.2. The standard InChI is InChI=1S/C21H23N5O2S/c1-15-9-11-17(12-10-15)23-19(27)13-25(3)20(28)16(2)29-21-24-22-14-26(21)18-7-5-4-6-8-18/h4-12,14,16H,13H2,1-3H3,(H,23,27)/t16-/m0/s1. The van der Waals surface area contributed by atoms with E-state index >= 15 is 0 Å². The summed E-state index contributed by atoms with van der Waals surface area (Å²) in [4.78, 5) is 26.4. The number of nitrogens with one attached hydrogen (secondary N) is 1. The number of carbonyl (C=O) groups is 2. The molecule has 150 valence electrons. The van der Waals surface area contributed by atoms with Crippen LogP contribution in [0.2, 0.25) is 0 Å².